The van der Waals surface area contributed by atoms with E-state index in [0.29, 0.717) is 12.6 Å². The second-order valence-corrected chi connectivity index (χ2v) is 7.77. The van der Waals surface area contributed by atoms with Crippen LogP contribution in [-0.4, -0.2) is 62.4 Å². The van der Waals surface area contributed by atoms with Crippen LogP contribution in [0, 0.1) is 5.41 Å². The minimum atomic E-state index is 0. The van der Waals surface area contributed by atoms with Crippen molar-refractivity contribution >= 4 is 29.9 Å². The first-order chi connectivity index (χ1) is 13.2. The van der Waals surface area contributed by atoms with Crippen LogP contribution in [0.25, 0.3) is 0 Å². The average Bonchev–Trinajstić information content (AvgIpc) is 3.30. The van der Waals surface area contributed by atoms with Gasteiger partial charge in [0.15, 0.2) is 5.96 Å². The summed E-state index contributed by atoms with van der Waals surface area (Å²) in [5.74, 6) is 1.73. The third-order valence-corrected chi connectivity index (χ3v) is 5.75. The molecule has 2 aliphatic rings. The van der Waals surface area contributed by atoms with Crippen molar-refractivity contribution in [3.8, 4) is 5.75 Å². The molecular weight excluding hydrogens is 467 g/mol. The molecule has 0 amide bonds. The van der Waals surface area contributed by atoms with E-state index in [2.05, 4.69) is 34.6 Å². The molecule has 7 heteroatoms. The van der Waals surface area contributed by atoms with Gasteiger partial charge in [0.1, 0.15) is 5.75 Å². The van der Waals surface area contributed by atoms with Crippen LogP contribution < -0.4 is 15.4 Å². The molecule has 1 heterocycles. The minimum Gasteiger partial charge on any atom is -0.497 e. The lowest BCUT2D eigenvalue weighted by atomic mass is 10.1. The molecule has 1 aromatic carbocycles. The molecule has 1 unspecified atom stereocenters. The van der Waals surface area contributed by atoms with E-state index in [1.807, 2.05) is 12.1 Å². The summed E-state index contributed by atoms with van der Waals surface area (Å²) in [7, 11) is 1.70. The van der Waals surface area contributed by atoms with Crippen LogP contribution in [0.5, 0.6) is 5.75 Å². The Balaban J connectivity index is 0.00000280. The zero-order chi connectivity index (χ0) is 19.1. The smallest absolute Gasteiger partial charge is 0.191 e. The van der Waals surface area contributed by atoms with Gasteiger partial charge in [0.2, 0.25) is 0 Å². The maximum atomic E-state index is 9.53. The fourth-order valence-corrected chi connectivity index (χ4v) is 3.66. The third-order valence-electron chi connectivity index (χ3n) is 5.75. The van der Waals surface area contributed by atoms with Gasteiger partial charge in [0, 0.05) is 18.5 Å². The van der Waals surface area contributed by atoms with Gasteiger partial charge in [-0.1, -0.05) is 12.1 Å². The van der Waals surface area contributed by atoms with Crippen molar-refractivity contribution in [2.75, 3.05) is 46.4 Å². The fraction of sp³-hybridized carbons (Fsp3) is 0.667. The first-order valence-electron chi connectivity index (χ1n) is 10.2. The maximum absolute atomic E-state index is 9.53. The molecule has 0 bridgehead atoms. The zero-order valence-corrected chi connectivity index (χ0v) is 19.4. The summed E-state index contributed by atoms with van der Waals surface area (Å²) in [6.07, 6.45) is 4.68. The van der Waals surface area contributed by atoms with Gasteiger partial charge in [-0.05, 0) is 63.4 Å². The fourth-order valence-electron chi connectivity index (χ4n) is 3.66. The van der Waals surface area contributed by atoms with E-state index in [-0.39, 0.29) is 36.0 Å². The van der Waals surface area contributed by atoms with Crippen molar-refractivity contribution in [3.05, 3.63) is 29.8 Å². The number of ether oxygens (including phenoxy) is 1. The SMILES string of the molecule is CCNC(=NCC1(CO)CC1)NCC(c1ccc(OC)cc1)N1CCCC1.I. The number of halogens is 1. The Labute approximate surface area is 186 Å². The summed E-state index contributed by atoms with van der Waals surface area (Å²) < 4.78 is 5.31. The number of aliphatic hydroxyl groups excluding tert-OH is 1. The van der Waals surface area contributed by atoms with Crippen molar-refractivity contribution in [1.29, 1.82) is 0 Å². The number of rotatable bonds is 9. The second kappa shape index (κ2) is 11.2. The number of aliphatic hydroxyl groups is 1. The Hall–Kier alpha value is -1.06. The Morgan fingerprint density at radius 2 is 1.89 bits per heavy atom. The Morgan fingerprint density at radius 3 is 2.43 bits per heavy atom. The Morgan fingerprint density at radius 1 is 1.21 bits per heavy atom. The highest BCUT2D eigenvalue weighted by molar-refractivity contribution is 14.0. The molecule has 1 saturated carbocycles. The number of likely N-dealkylation sites (tertiary alicyclic amines) is 1. The standard InChI is InChI=1S/C21H34N4O2.HI/c1-3-22-20(24-15-21(16-26)10-11-21)23-14-19(25-12-4-5-13-25)17-6-8-18(27-2)9-7-17;/h6-9,19,26H,3-5,10-16H2,1-2H3,(H2,22,23,24);1H. The summed E-state index contributed by atoms with van der Waals surface area (Å²) in [5.41, 5.74) is 1.34. The molecule has 6 nitrogen and oxygen atoms in total. The summed E-state index contributed by atoms with van der Waals surface area (Å²) in [6.45, 7) is 6.92. The number of aliphatic imine (C=N–C) groups is 1. The topological polar surface area (TPSA) is 69.1 Å². The lowest BCUT2D eigenvalue weighted by Gasteiger charge is -2.29. The normalized spacial score (nSPS) is 19.6. The van der Waals surface area contributed by atoms with Gasteiger partial charge in [-0.2, -0.15) is 0 Å². The number of hydrogen-bond acceptors (Lipinski definition) is 4. The van der Waals surface area contributed by atoms with Crippen LogP contribution in [0.15, 0.2) is 29.3 Å². The van der Waals surface area contributed by atoms with E-state index in [0.717, 1.165) is 50.7 Å². The molecule has 3 N–H and O–H groups in total. The van der Waals surface area contributed by atoms with Crippen molar-refractivity contribution in [2.45, 2.75) is 38.6 Å². The number of nitrogens with zero attached hydrogens (tertiary/aromatic N) is 2. The molecule has 1 saturated heterocycles. The number of benzene rings is 1. The van der Waals surface area contributed by atoms with Crippen LogP contribution >= 0.6 is 24.0 Å². The van der Waals surface area contributed by atoms with Gasteiger partial charge >= 0.3 is 0 Å². The van der Waals surface area contributed by atoms with Crippen LogP contribution in [0.3, 0.4) is 0 Å². The van der Waals surface area contributed by atoms with Crippen LogP contribution in [0.4, 0.5) is 0 Å². The molecule has 1 aromatic rings. The molecule has 0 radical (unpaired) electrons. The number of hydrogen-bond donors (Lipinski definition) is 3. The molecule has 1 aliphatic heterocycles. The van der Waals surface area contributed by atoms with Gasteiger partial charge in [-0.3, -0.25) is 9.89 Å². The second-order valence-electron chi connectivity index (χ2n) is 7.77. The molecule has 0 spiro atoms. The highest BCUT2D eigenvalue weighted by Crippen LogP contribution is 2.45. The van der Waals surface area contributed by atoms with Gasteiger partial charge in [-0.25, -0.2) is 0 Å². The van der Waals surface area contributed by atoms with Gasteiger partial charge in [0.05, 0.1) is 26.3 Å². The highest BCUT2D eigenvalue weighted by atomic mass is 127. The molecule has 2 fully saturated rings. The summed E-state index contributed by atoms with van der Waals surface area (Å²) >= 11 is 0. The van der Waals surface area contributed by atoms with E-state index in [1.165, 1.54) is 18.4 Å². The molecule has 1 atom stereocenters. The number of nitrogens with one attached hydrogen (secondary N) is 2. The molecule has 3 rings (SSSR count). The summed E-state index contributed by atoms with van der Waals surface area (Å²) in [6, 6.07) is 8.72. The molecular formula is C21H35IN4O2. The largest absolute Gasteiger partial charge is 0.497 e. The van der Waals surface area contributed by atoms with Crippen molar-refractivity contribution in [3.63, 3.8) is 0 Å². The summed E-state index contributed by atoms with van der Waals surface area (Å²) in [4.78, 5) is 7.28. The quantitative estimate of drug-likeness (QED) is 0.275. The first kappa shape index (κ1) is 23.2. The summed E-state index contributed by atoms with van der Waals surface area (Å²) in [5, 5.41) is 16.4. The predicted octanol–water partition coefficient (Wildman–Crippen LogP) is 2.78. The van der Waals surface area contributed by atoms with Gasteiger partial charge in [0.25, 0.3) is 0 Å². The predicted molar refractivity (Wildman–Crippen MR) is 125 cm³/mol. The van der Waals surface area contributed by atoms with E-state index < -0.39 is 0 Å². The Bertz CT molecular complexity index is 613. The average molecular weight is 502 g/mol. The first-order valence-corrected chi connectivity index (χ1v) is 10.2. The van der Waals surface area contributed by atoms with E-state index in [9.17, 15) is 5.11 Å². The van der Waals surface area contributed by atoms with E-state index in [1.54, 1.807) is 7.11 Å². The lowest BCUT2D eigenvalue weighted by molar-refractivity contribution is 0.216. The van der Waals surface area contributed by atoms with Crippen molar-refractivity contribution in [1.82, 2.24) is 15.5 Å². The van der Waals surface area contributed by atoms with Crippen LogP contribution in [0.1, 0.15) is 44.2 Å². The van der Waals surface area contributed by atoms with E-state index >= 15 is 0 Å². The number of methoxy groups -OCH3 is 1. The highest BCUT2D eigenvalue weighted by Gasteiger charge is 2.41. The molecule has 1 aliphatic carbocycles. The third kappa shape index (κ3) is 6.22. The zero-order valence-electron chi connectivity index (χ0n) is 17.1. The Kier molecular flexibility index (Phi) is 9.30. The van der Waals surface area contributed by atoms with Gasteiger partial charge in [-0.15, -0.1) is 24.0 Å². The molecule has 0 aromatic heterocycles. The van der Waals surface area contributed by atoms with Crippen LogP contribution in [-0.2, 0) is 0 Å². The van der Waals surface area contributed by atoms with Crippen molar-refractivity contribution < 1.29 is 9.84 Å². The van der Waals surface area contributed by atoms with Crippen molar-refractivity contribution in [2.24, 2.45) is 10.4 Å². The van der Waals surface area contributed by atoms with Crippen LogP contribution in [0.2, 0.25) is 0 Å². The van der Waals surface area contributed by atoms with Gasteiger partial charge < -0.3 is 20.5 Å². The minimum absolute atomic E-state index is 0. The van der Waals surface area contributed by atoms with E-state index in [4.69, 9.17) is 9.73 Å². The maximum Gasteiger partial charge on any atom is 0.191 e. The molecule has 28 heavy (non-hydrogen) atoms. The monoisotopic (exact) mass is 502 g/mol. The number of guanidine groups is 1. The lowest BCUT2D eigenvalue weighted by Crippen LogP contribution is -2.43. The molecule has 158 valence electrons.